The van der Waals surface area contributed by atoms with Gasteiger partial charge in [0.1, 0.15) is 0 Å². The Morgan fingerprint density at radius 1 is 1.33 bits per heavy atom. The van der Waals surface area contributed by atoms with Gasteiger partial charge in [0.15, 0.2) is 4.60 Å². The third kappa shape index (κ3) is 2.59. The first-order valence-electron chi connectivity index (χ1n) is 6.15. The van der Waals surface area contributed by atoms with E-state index in [1.54, 1.807) is 0 Å². The quantitative estimate of drug-likeness (QED) is 0.856. The van der Waals surface area contributed by atoms with Gasteiger partial charge in [0, 0.05) is 32.7 Å². The van der Waals surface area contributed by atoms with Crippen LogP contribution < -0.4 is 5.32 Å². The van der Waals surface area contributed by atoms with Gasteiger partial charge >= 0.3 is 0 Å². The normalized spacial score (nSPS) is 24.4. The number of hydrogen-bond acceptors (Lipinski definition) is 5. The van der Waals surface area contributed by atoms with Gasteiger partial charge < -0.3 is 10.2 Å². The molecule has 0 bridgehead atoms. The summed E-state index contributed by atoms with van der Waals surface area (Å²) in [5.74, 6) is 0. The third-order valence-corrected chi connectivity index (χ3v) is 4.28. The van der Waals surface area contributed by atoms with Gasteiger partial charge in [-0.05, 0) is 37.1 Å². The van der Waals surface area contributed by atoms with Gasteiger partial charge in [-0.3, -0.25) is 4.90 Å². The smallest absolute Gasteiger partial charge is 0.153 e. The van der Waals surface area contributed by atoms with E-state index in [1.807, 2.05) is 18.8 Å². The average molecular weight is 317 g/mol. The Kier molecular flexibility index (Phi) is 4.37. The molecular weight excluding hydrogens is 296 g/mol. The van der Waals surface area contributed by atoms with Crippen molar-refractivity contribution in [3.05, 3.63) is 10.3 Å². The lowest BCUT2D eigenvalue weighted by Gasteiger charge is -2.41. The highest BCUT2D eigenvalue weighted by Gasteiger charge is 2.33. The molecule has 1 aliphatic heterocycles. The van der Waals surface area contributed by atoms with Crippen LogP contribution in [-0.4, -0.2) is 71.6 Å². The molecule has 1 aliphatic rings. The van der Waals surface area contributed by atoms with E-state index in [1.165, 1.54) is 0 Å². The van der Waals surface area contributed by atoms with E-state index in [9.17, 15) is 0 Å². The van der Waals surface area contributed by atoms with Crippen LogP contribution in [0, 0.1) is 0 Å². The number of piperazine rings is 1. The fourth-order valence-electron chi connectivity index (χ4n) is 2.58. The molecule has 2 unspecified atom stereocenters. The Balaban J connectivity index is 2.27. The predicted molar refractivity (Wildman–Crippen MR) is 74.4 cm³/mol. The van der Waals surface area contributed by atoms with E-state index in [2.05, 4.69) is 55.5 Å². The van der Waals surface area contributed by atoms with Gasteiger partial charge in [-0.25, -0.2) is 4.68 Å². The zero-order valence-electron chi connectivity index (χ0n) is 11.4. The van der Waals surface area contributed by atoms with Crippen molar-refractivity contribution < 1.29 is 0 Å². The summed E-state index contributed by atoms with van der Waals surface area (Å²) in [4.78, 5) is 4.77. The molecule has 0 spiro atoms. The molecule has 2 heterocycles. The largest absolute Gasteiger partial charge is 0.310 e. The summed E-state index contributed by atoms with van der Waals surface area (Å²) < 4.78 is 2.67. The molecular formula is C11H21BrN6. The summed E-state index contributed by atoms with van der Waals surface area (Å²) in [6.45, 7) is 3.25. The number of rotatable bonds is 3. The molecule has 2 rings (SSSR count). The van der Waals surface area contributed by atoms with Crippen molar-refractivity contribution in [2.24, 2.45) is 7.05 Å². The summed E-state index contributed by atoms with van der Waals surface area (Å²) in [5.41, 5.74) is 1.10. The Morgan fingerprint density at radius 2 is 2.06 bits per heavy atom. The van der Waals surface area contributed by atoms with E-state index < -0.39 is 0 Å². The summed E-state index contributed by atoms with van der Waals surface area (Å²) in [6.07, 6.45) is 0. The fraction of sp³-hybridized carbons (Fsp3) is 0.818. The number of likely N-dealkylation sites (N-methyl/N-ethyl adjacent to an activating group) is 3. The molecule has 0 saturated carbocycles. The maximum atomic E-state index is 4.08. The van der Waals surface area contributed by atoms with Crippen LogP contribution in [0.5, 0.6) is 0 Å². The molecule has 1 fully saturated rings. The van der Waals surface area contributed by atoms with Gasteiger partial charge in [-0.2, -0.15) is 0 Å². The second-order valence-corrected chi connectivity index (χ2v) is 5.72. The molecule has 0 amide bonds. The van der Waals surface area contributed by atoms with Crippen LogP contribution in [0.15, 0.2) is 4.60 Å². The predicted octanol–water partition coefficient (Wildman–Crippen LogP) is 0.0839. The zero-order chi connectivity index (χ0) is 13.3. The first kappa shape index (κ1) is 13.9. The van der Waals surface area contributed by atoms with Gasteiger partial charge in [0.05, 0.1) is 11.7 Å². The van der Waals surface area contributed by atoms with Gasteiger partial charge in [-0.15, -0.1) is 5.10 Å². The van der Waals surface area contributed by atoms with Crippen LogP contribution in [0.25, 0.3) is 0 Å². The minimum absolute atomic E-state index is 0.215. The molecule has 7 heteroatoms. The highest BCUT2D eigenvalue weighted by atomic mass is 79.9. The topological polar surface area (TPSA) is 49.2 Å². The van der Waals surface area contributed by atoms with E-state index >= 15 is 0 Å². The van der Waals surface area contributed by atoms with Crippen molar-refractivity contribution in [2.75, 3.05) is 40.8 Å². The SMILES string of the molecule is CNC(c1c(Br)nnn1C)C1CN(C)CCN1C. The Hall–Kier alpha value is -0.500. The van der Waals surface area contributed by atoms with Crippen molar-refractivity contribution in [1.82, 2.24) is 30.1 Å². The number of hydrogen-bond donors (Lipinski definition) is 1. The highest BCUT2D eigenvalue weighted by molar-refractivity contribution is 9.10. The van der Waals surface area contributed by atoms with E-state index in [4.69, 9.17) is 0 Å². The second-order valence-electron chi connectivity index (χ2n) is 4.97. The summed E-state index contributed by atoms with van der Waals surface area (Å²) >= 11 is 3.49. The minimum Gasteiger partial charge on any atom is -0.310 e. The van der Waals surface area contributed by atoms with E-state index in [-0.39, 0.29) is 6.04 Å². The van der Waals surface area contributed by atoms with Crippen LogP contribution in [0.4, 0.5) is 0 Å². The zero-order valence-corrected chi connectivity index (χ0v) is 13.0. The van der Waals surface area contributed by atoms with Gasteiger partial charge in [0.2, 0.25) is 0 Å². The summed E-state index contributed by atoms with van der Waals surface area (Å²) in [7, 11) is 8.28. The molecule has 1 aromatic heterocycles. The minimum atomic E-state index is 0.215. The maximum Gasteiger partial charge on any atom is 0.153 e. The maximum absolute atomic E-state index is 4.08. The van der Waals surface area contributed by atoms with Gasteiger partial charge in [0.25, 0.3) is 0 Å². The van der Waals surface area contributed by atoms with Gasteiger partial charge in [-0.1, -0.05) is 5.21 Å². The van der Waals surface area contributed by atoms with Crippen LogP contribution in [-0.2, 0) is 7.05 Å². The number of nitrogens with one attached hydrogen (secondary N) is 1. The van der Waals surface area contributed by atoms with E-state index in [0.29, 0.717) is 6.04 Å². The van der Waals surface area contributed by atoms with Crippen LogP contribution in [0.3, 0.4) is 0 Å². The Labute approximate surface area is 116 Å². The monoisotopic (exact) mass is 316 g/mol. The molecule has 102 valence electrons. The van der Waals surface area contributed by atoms with Crippen molar-refractivity contribution >= 4 is 15.9 Å². The number of halogens is 1. The summed E-state index contributed by atoms with van der Waals surface area (Å²) in [6, 6.07) is 0.634. The van der Waals surface area contributed by atoms with Crippen molar-refractivity contribution in [2.45, 2.75) is 12.1 Å². The van der Waals surface area contributed by atoms with Crippen LogP contribution in [0.2, 0.25) is 0 Å². The lowest BCUT2D eigenvalue weighted by Crippen LogP contribution is -2.55. The molecule has 6 nitrogen and oxygen atoms in total. The van der Waals surface area contributed by atoms with Crippen molar-refractivity contribution in [1.29, 1.82) is 0 Å². The number of aromatic nitrogens is 3. The first-order valence-corrected chi connectivity index (χ1v) is 6.95. The molecule has 2 atom stereocenters. The van der Waals surface area contributed by atoms with Crippen LogP contribution >= 0.6 is 15.9 Å². The third-order valence-electron chi connectivity index (χ3n) is 3.72. The second kappa shape index (κ2) is 5.64. The Bertz CT molecular complexity index is 387. The Morgan fingerprint density at radius 3 is 2.61 bits per heavy atom. The number of nitrogens with zero attached hydrogens (tertiary/aromatic N) is 5. The summed E-state index contributed by atoms with van der Waals surface area (Å²) in [5, 5.41) is 11.6. The van der Waals surface area contributed by atoms with E-state index in [0.717, 1.165) is 29.9 Å². The first-order chi connectivity index (χ1) is 8.54. The fourth-order valence-corrected chi connectivity index (χ4v) is 3.16. The molecule has 0 aliphatic carbocycles. The highest BCUT2D eigenvalue weighted by Crippen LogP contribution is 2.26. The van der Waals surface area contributed by atoms with Crippen LogP contribution in [0.1, 0.15) is 11.7 Å². The molecule has 0 aromatic carbocycles. The number of aryl methyl sites for hydroxylation is 1. The lowest BCUT2D eigenvalue weighted by molar-refractivity contribution is 0.0874. The average Bonchev–Trinajstić information content (AvgIpc) is 2.66. The lowest BCUT2D eigenvalue weighted by atomic mass is 10.0. The molecule has 18 heavy (non-hydrogen) atoms. The molecule has 0 radical (unpaired) electrons. The van der Waals surface area contributed by atoms with Crippen molar-refractivity contribution in [3.63, 3.8) is 0 Å². The van der Waals surface area contributed by atoms with Crippen molar-refractivity contribution in [3.8, 4) is 0 Å². The standard InChI is InChI=1S/C11H21BrN6/c1-13-9(10-11(12)14-15-18(10)4)8-7-16(2)5-6-17(8)3/h8-9,13H,5-7H2,1-4H3. The molecule has 1 aromatic rings. The molecule has 1 saturated heterocycles. The molecule has 1 N–H and O–H groups in total.